The van der Waals surface area contributed by atoms with Crippen LogP contribution >= 0.6 is 12.4 Å². The van der Waals surface area contributed by atoms with Crippen molar-refractivity contribution >= 4 is 28.3 Å². The number of likely N-dealkylation sites (tertiary alicyclic amines) is 1. The number of halogens is 1. The number of amides is 1. The first-order valence-electron chi connectivity index (χ1n) is 8.19. The fourth-order valence-electron chi connectivity index (χ4n) is 3.36. The lowest BCUT2D eigenvalue weighted by molar-refractivity contribution is -0.120. The molecule has 1 aliphatic carbocycles. The van der Waals surface area contributed by atoms with Gasteiger partial charge in [0.05, 0.1) is 25.0 Å². The van der Waals surface area contributed by atoms with Crippen LogP contribution in [0.3, 0.4) is 0 Å². The number of carbonyl (C=O) groups excluding carboxylic acids is 1. The highest BCUT2D eigenvalue weighted by Gasteiger charge is 2.43. The van der Waals surface area contributed by atoms with E-state index in [0.717, 1.165) is 30.8 Å². The lowest BCUT2D eigenvalue weighted by Gasteiger charge is -2.19. The van der Waals surface area contributed by atoms with Crippen LogP contribution < -0.4 is 10.0 Å². The molecule has 0 radical (unpaired) electrons. The van der Waals surface area contributed by atoms with Crippen LogP contribution in [0.25, 0.3) is 0 Å². The van der Waals surface area contributed by atoms with Crippen LogP contribution in [0, 0.1) is 18.8 Å². The Morgan fingerprint density at radius 2 is 2.12 bits per heavy atom. The minimum atomic E-state index is -3.36. The SMILES string of the molecule is Cc1cc(CN2C[C@H](NC(=O)CNS(C)(=O)=O)[C@@H](C3CC3)C2)on1.Cl. The van der Waals surface area contributed by atoms with Crippen molar-refractivity contribution in [2.24, 2.45) is 11.8 Å². The van der Waals surface area contributed by atoms with Gasteiger partial charge in [-0.2, -0.15) is 0 Å². The number of carbonyl (C=O) groups is 1. The molecule has 10 heteroatoms. The van der Waals surface area contributed by atoms with Crippen LogP contribution in [0.2, 0.25) is 0 Å². The molecule has 0 bridgehead atoms. The van der Waals surface area contributed by atoms with Gasteiger partial charge in [0.1, 0.15) is 0 Å². The minimum Gasteiger partial charge on any atom is -0.360 e. The van der Waals surface area contributed by atoms with Crippen LogP contribution in [-0.2, 0) is 21.4 Å². The average Bonchev–Trinajstić information content (AvgIpc) is 3.14. The number of hydrogen-bond donors (Lipinski definition) is 2. The molecule has 0 unspecified atom stereocenters. The molecule has 25 heavy (non-hydrogen) atoms. The third kappa shape index (κ3) is 5.95. The van der Waals surface area contributed by atoms with Crippen LogP contribution in [0.15, 0.2) is 10.6 Å². The van der Waals surface area contributed by atoms with Gasteiger partial charge in [-0.3, -0.25) is 9.69 Å². The number of aromatic nitrogens is 1. The van der Waals surface area contributed by atoms with Crippen molar-refractivity contribution in [1.29, 1.82) is 0 Å². The van der Waals surface area contributed by atoms with E-state index in [0.29, 0.717) is 18.4 Å². The molecule has 1 aromatic rings. The van der Waals surface area contributed by atoms with Crippen LogP contribution in [0.5, 0.6) is 0 Å². The minimum absolute atomic E-state index is 0. The Hall–Kier alpha value is -1.16. The van der Waals surface area contributed by atoms with E-state index in [4.69, 9.17) is 4.52 Å². The standard InChI is InChI=1S/C15H24N4O4S.ClH/c1-10-5-12(23-18-10)7-19-8-13(11-3-4-11)14(9-19)17-15(20)6-16-24(2,21)22;/h5,11,13-14,16H,3-4,6-9H2,1-2H3,(H,17,20);1H/t13-,14+;/m1./s1. The van der Waals surface area contributed by atoms with Crippen LogP contribution in [0.1, 0.15) is 24.3 Å². The van der Waals surface area contributed by atoms with E-state index in [1.54, 1.807) is 0 Å². The number of nitrogens with one attached hydrogen (secondary N) is 2. The molecule has 0 spiro atoms. The van der Waals surface area contributed by atoms with Gasteiger partial charge in [0, 0.05) is 25.2 Å². The van der Waals surface area contributed by atoms with Gasteiger partial charge in [-0.25, -0.2) is 13.1 Å². The Kier molecular flexibility index (Phi) is 6.47. The van der Waals surface area contributed by atoms with Gasteiger partial charge in [-0.05, 0) is 31.6 Å². The fraction of sp³-hybridized carbons (Fsp3) is 0.733. The summed E-state index contributed by atoms with van der Waals surface area (Å²) in [6.07, 6.45) is 3.45. The van der Waals surface area contributed by atoms with Gasteiger partial charge in [0.25, 0.3) is 0 Å². The lowest BCUT2D eigenvalue weighted by Crippen LogP contribution is -2.45. The van der Waals surface area contributed by atoms with Gasteiger partial charge in [-0.1, -0.05) is 5.16 Å². The molecule has 1 aliphatic heterocycles. The summed E-state index contributed by atoms with van der Waals surface area (Å²) in [5, 5.41) is 6.89. The third-order valence-corrected chi connectivity index (χ3v) is 5.23. The summed E-state index contributed by atoms with van der Waals surface area (Å²) in [5.41, 5.74) is 0.861. The predicted molar refractivity (Wildman–Crippen MR) is 94.8 cm³/mol. The van der Waals surface area contributed by atoms with Crippen molar-refractivity contribution in [3.05, 3.63) is 17.5 Å². The fourth-order valence-corrected chi connectivity index (χ4v) is 3.76. The molecule has 2 fully saturated rings. The highest BCUT2D eigenvalue weighted by atomic mass is 35.5. The second-order valence-corrected chi connectivity index (χ2v) is 8.73. The van der Waals surface area contributed by atoms with Crippen LogP contribution in [-0.4, -0.2) is 56.3 Å². The second kappa shape index (κ2) is 8.03. The Morgan fingerprint density at radius 3 is 2.68 bits per heavy atom. The molecule has 1 amide bonds. The van der Waals surface area contributed by atoms with Gasteiger partial charge < -0.3 is 9.84 Å². The number of nitrogens with zero attached hydrogens (tertiary/aromatic N) is 2. The highest BCUT2D eigenvalue weighted by Crippen LogP contribution is 2.41. The van der Waals surface area contributed by atoms with E-state index in [1.165, 1.54) is 12.8 Å². The zero-order chi connectivity index (χ0) is 17.3. The largest absolute Gasteiger partial charge is 0.360 e. The predicted octanol–water partition coefficient (Wildman–Crippen LogP) is 0.281. The molecule has 2 atom stereocenters. The normalized spacial score (nSPS) is 24.1. The Bertz CT molecular complexity index is 704. The van der Waals surface area contributed by atoms with E-state index < -0.39 is 10.0 Å². The van der Waals surface area contributed by atoms with E-state index in [-0.39, 0.29) is 30.9 Å². The first-order valence-corrected chi connectivity index (χ1v) is 10.1. The van der Waals surface area contributed by atoms with Crippen molar-refractivity contribution in [2.45, 2.75) is 32.4 Å². The van der Waals surface area contributed by atoms with Crippen molar-refractivity contribution in [3.63, 3.8) is 0 Å². The maximum absolute atomic E-state index is 12.0. The molecular weight excluding hydrogens is 368 g/mol. The van der Waals surface area contributed by atoms with E-state index in [9.17, 15) is 13.2 Å². The zero-order valence-electron chi connectivity index (χ0n) is 14.4. The molecular formula is C15H25ClN4O4S. The van der Waals surface area contributed by atoms with Gasteiger partial charge in [0.15, 0.2) is 5.76 Å². The third-order valence-electron chi connectivity index (χ3n) is 4.57. The second-order valence-electron chi connectivity index (χ2n) is 6.90. The van der Waals surface area contributed by atoms with Crippen molar-refractivity contribution < 1.29 is 17.7 Å². The Labute approximate surface area is 154 Å². The van der Waals surface area contributed by atoms with Crippen molar-refractivity contribution in [1.82, 2.24) is 20.1 Å². The number of sulfonamides is 1. The number of aryl methyl sites for hydroxylation is 1. The summed E-state index contributed by atoms with van der Waals surface area (Å²) in [7, 11) is -3.36. The maximum atomic E-state index is 12.0. The lowest BCUT2D eigenvalue weighted by atomic mass is 9.98. The Balaban J connectivity index is 0.00000225. The molecule has 1 saturated heterocycles. The van der Waals surface area contributed by atoms with E-state index >= 15 is 0 Å². The summed E-state index contributed by atoms with van der Waals surface area (Å²) < 4.78 is 29.7. The molecule has 2 aliphatic rings. The first-order chi connectivity index (χ1) is 11.3. The van der Waals surface area contributed by atoms with Gasteiger partial charge in [-0.15, -0.1) is 12.4 Å². The van der Waals surface area contributed by atoms with Crippen LogP contribution in [0.4, 0.5) is 0 Å². The summed E-state index contributed by atoms with van der Waals surface area (Å²) in [5.74, 6) is 1.61. The summed E-state index contributed by atoms with van der Waals surface area (Å²) in [6.45, 7) is 4.01. The Morgan fingerprint density at radius 1 is 1.40 bits per heavy atom. The number of rotatable bonds is 7. The van der Waals surface area contributed by atoms with Gasteiger partial charge in [0.2, 0.25) is 15.9 Å². The monoisotopic (exact) mass is 392 g/mol. The highest BCUT2D eigenvalue weighted by molar-refractivity contribution is 7.88. The first kappa shape index (κ1) is 20.2. The molecule has 1 aromatic heterocycles. The molecule has 3 rings (SSSR count). The molecule has 2 heterocycles. The van der Waals surface area contributed by atoms with Crippen molar-refractivity contribution in [2.75, 3.05) is 25.9 Å². The summed E-state index contributed by atoms with van der Waals surface area (Å²) >= 11 is 0. The quantitative estimate of drug-likeness (QED) is 0.690. The molecule has 8 nitrogen and oxygen atoms in total. The molecule has 1 saturated carbocycles. The van der Waals surface area contributed by atoms with E-state index in [2.05, 4.69) is 20.1 Å². The summed E-state index contributed by atoms with van der Waals surface area (Å²) in [6, 6.07) is 1.98. The van der Waals surface area contributed by atoms with E-state index in [1.807, 2.05) is 13.0 Å². The molecule has 142 valence electrons. The maximum Gasteiger partial charge on any atom is 0.235 e. The molecule has 0 aromatic carbocycles. The summed E-state index contributed by atoms with van der Waals surface area (Å²) in [4.78, 5) is 14.3. The topological polar surface area (TPSA) is 105 Å². The van der Waals surface area contributed by atoms with Gasteiger partial charge >= 0.3 is 0 Å². The zero-order valence-corrected chi connectivity index (χ0v) is 16.0. The molecule has 2 N–H and O–H groups in total. The smallest absolute Gasteiger partial charge is 0.235 e. The average molecular weight is 393 g/mol. The number of hydrogen-bond acceptors (Lipinski definition) is 6. The van der Waals surface area contributed by atoms with Crippen molar-refractivity contribution in [3.8, 4) is 0 Å².